The Morgan fingerprint density at radius 1 is 1.14 bits per heavy atom. The van der Waals surface area contributed by atoms with Crippen LogP contribution in [0.4, 0.5) is 4.79 Å². The molecule has 0 unspecified atom stereocenters. The number of amides is 3. The van der Waals surface area contributed by atoms with Gasteiger partial charge in [-0.1, -0.05) is 42.6 Å². The number of benzene rings is 1. The van der Waals surface area contributed by atoms with Crippen molar-refractivity contribution in [3.63, 3.8) is 0 Å². The molecule has 2 rings (SSSR count). The second-order valence-corrected chi connectivity index (χ2v) is 5.91. The van der Waals surface area contributed by atoms with Gasteiger partial charge >= 0.3 is 6.03 Å². The Kier molecular flexibility index (Phi) is 6.52. The maximum Gasteiger partial charge on any atom is 0.315 e. The van der Waals surface area contributed by atoms with Gasteiger partial charge in [-0.25, -0.2) is 4.79 Å². The molecule has 1 aromatic rings. The molecule has 3 N–H and O–H groups in total. The molecular weight excluding hydrogens is 302 g/mol. The summed E-state index contributed by atoms with van der Waals surface area (Å²) in [6, 6.07) is 7.37. The Morgan fingerprint density at radius 3 is 2.59 bits per heavy atom. The van der Waals surface area contributed by atoms with Crippen molar-refractivity contribution in [2.45, 2.75) is 44.7 Å². The summed E-state index contributed by atoms with van der Waals surface area (Å²) in [5.41, 5.74) is 0.860. The lowest BCUT2D eigenvalue weighted by Crippen LogP contribution is -2.39. The predicted molar refractivity (Wildman–Crippen MR) is 86.7 cm³/mol. The largest absolute Gasteiger partial charge is 0.353 e. The van der Waals surface area contributed by atoms with E-state index in [9.17, 15) is 9.59 Å². The van der Waals surface area contributed by atoms with Gasteiger partial charge in [0.1, 0.15) is 0 Å². The molecule has 22 heavy (non-hydrogen) atoms. The van der Waals surface area contributed by atoms with Gasteiger partial charge in [0.25, 0.3) is 0 Å². The smallest absolute Gasteiger partial charge is 0.315 e. The van der Waals surface area contributed by atoms with Crippen LogP contribution in [0.15, 0.2) is 24.3 Å². The number of halogens is 1. The normalized spacial score (nSPS) is 14.6. The van der Waals surface area contributed by atoms with Gasteiger partial charge in [0.2, 0.25) is 5.91 Å². The van der Waals surface area contributed by atoms with Gasteiger partial charge in [0.05, 0.1) is 0 Å². The van der Waals surface area contributed by atoms with Crippen molar-refractivity contribution in [3.05, 3.63) is 34.9 Å². The fourth-order valence-electron chi connectivity index (χ4n) is 2.54. The zero-order valence-corrected chi connectivity index (χ0v) is 13.3. The first-order chi connectivity index (χ1) is 10.6. The first-order valence-corrected chi connectivity index (χ1v) is 8.07. The third-order valence-electron chi connectivity index (χ3n) is 3.76. The molecule has 0 saturated heterocycles. The van der Waals surface area contributed by atoms with Crippen molar-refractivity contribution in [2.75, 3.05) is 6.54 Å². The first-order valence-electron chi connectivity index (χ1n) is 7.69. The zero-order valence-electron chi connectivity index (χ0n) is 12.5. The van der Waals surface area contributed by atoms with Crippen molar-refractivity contribution < 1.29 is 9.59 Å². The highest BCUT2D eigenvalue weighted by Gasteiger charge is 2.16. The Bertz CT molecular complexity index is 516. The van der Waals surface area contributed by atoms with Gasteiger partial charge in [-0.2, -0.15) is 0 Å². The van der Waals surface area contributed by atoms with Crippen LogP contribution in [0.3, 0.4) is 0 Å². The highest BCUT2D eigenvalue weighted by Crippen LogP contribution is 2.17. The lowest BCUT2D eigenvalue weighted by atomic mass is 10.2. The van der Waals surface area contributed by atoms with Gasteiger partial charge in [-0.05, 0) is 24.5 Å². The van der Waals surface area contributed by atoms with Gasteiger partial charge in [-0.3, -0.25) is 4.79 Å². The van der Waals surface area contributed by atoms with Crippen LogP contribution in [-0.4, -0.2) is 24.5 Å². The molecule has 6 heteroatoms. The second kappa shape index (κ2) is 8.63. The zero-order chi connectivity index (χ0) is 15.8. The molecule has 0 heterocycles. The molecular formula is C16H22ClN3O2. The number of nitrogens with one attached hydrogen (secondary N) is 3. The van der Waals surface area contributed by atoms with E-state index in [1.54, 1.807) is 6.07 Å². The monoisotopic (exact) mass is 323 g/mol. The van der Waals surface area contributed by atoms with E-state index in [1.165, 1.54) is 12.8 Å². The third kappa shape index (κ3) is 5.56. The van der Waals surface area contributed by atoms with Crippen LogP contribution < -0.4 is 16.0 Å². The molecule has 120 valence electrons. The van der Waals surface area contributed by atoms with Crippen LogP contribution in [-0.2, 0) is 11.3 Å². The summed E-state index contributed by atoms with van der Waals surface area (Å²) in [6.45, 7) is 0.687. The number of rotatable bonds is 6. The molecule has 0 spiro atoms. The molecule has 1 fully saturated rings. The molecule has 5 nitrogen and oxygen atoms in total. The fourth-order valence-corrected chi connectivity index (χ4v) is 2.74. The molecule has 0 aromatic heterocycles. The average molecular weight is 324 g/mol. The Morgan fingerprint density at radius 2 is 1.86 bits per heavy atom. The highest BCUT2D eigenvalue weighted by molar-refractivity contribution is 6.31. The van der Waals surface area contributed by atoms with Crippen molar-refractivity contribution in [3.8, 4) is 0 Å². The third-order valence-corrected chi connectivity index (χ3v) is 4.12. The summed E-state index contributed by atoms with van der Waals surface area (Å²) in [5, 5.41) is 9.01. The summed E-state index contributed by atoms with van der Waals surface area (Å²) in [6.07, 6.45) is 4.81. The van der Waals surface area contributed by atoms with E-state index in [-0.39, 0.29) is 11.9 Å². The van der Waals surface area contributed by atoms with Crippen LogP contribution in [0.1, 0.15) is 37.7 Å². The van der Waals surface area contributed by atoms with Crippen LogP contribution in [0.2, 0.25) is 5.02 Å². The number of urea groups is 1. The predicted octanol–water partition coefficient (Wildman–Crippen LogP) is 2.59. The molecule has 0 bridgehead atoms. The molecule has 1 aromatic carbocycles. The Balaban J connectivity index is 1.59. The molecule has 0 aliphatic heterocycles. The molecule has 1 aliphatic rings. The summed E-state index contributed by atoms with van der Waals surface area (Å²) >= 11 is 6.01. The van der Waals surface area contributed by atoms with Crippen LogP contribution in [0.25, 0.3) is 0 Å². The van der Waals surface area contributed by atoms with Gasteiger partial charge in [0, 0.05) is 30.6 Å². The lowest BCUT2D eigenvalue weighted by molar-refractivity contribution is -0.121. The minimum absolute atomic E-state index is 0.00157. The molecule has 3 amide bonds. The van der Waals surface area contributed by atoms with Crippen LogP contribution in [0, 0.1) is 0 Å². The van der Waals surface area contributed by atoms with Crippen molar-refractivity contribution in [2.24, 2.45) is 0 Å². The average Bonchev–Trinajstić information content (AvgIpc) is 2.99. The Hall–Kier alpha value is -1.75. The SMILES string of the molecule is O=C(CCNC(=O)NCc1ccccc1Cl)NC1CCCC1. The number of carbonyl (C=O) groups excluding carboxylic acids is 2. The van der Waals surface area contributed by atoms with Crippen molar-refractivity contribution >= 4 is 23.5 Å². The topological polar surface area (TPSA) is 70.2 Å². The number of hydrogen-bond acceptors (Lipinski definition) is 2. The van der Waals surface area contributed by atoms with E-state index in [0.717, 1.165) is 18.4 Å². The molecule has 0 atom stereocenters. The van der Waals surface area contributed by atoms with Crippen molar-refractivity contribution in [1.82, 2.24) is 16.0 Å². The van der Waals surface area contributed by atoms with E-state index in [2.05, 4.69) is 16.0 Å². The maximum absolute atomic E-state index is 11.7. The summed E-state index contributed by atoms with van der Waals surface area (Å²) in [7, 11) is 0. The fraction of sp³-hybridized carbons (Fsp3) is 0.500. The van der Waals surface area contributed by atoms with Gasteiger partial charge in [0.15, 0.2) is 0 Å². The minimum atomic E-state index is -0.298. The number of carbonyl (C=O) groups is 2. The maximum atomic E-state index is 11.7. The van der Waals surface area contributed by atoms with E-state index in [4.69, 9.17) is 11.6 Å². The van der Waals surface area contributed by atoms with Crippen LogP contribution >= 0.6 is 11.6 Å². The molecule has 1 saturated carbocycles. The number of hydrogen-bond donors (Lipinski definition) is 3. The molecule has 0 radical (unpaired) electrons. The van der Waals surface area contributed by atoms with E-state index >= 15 is 0 Å². The second-order valence-electron chi connectivity index (χ2n) is 5.50. The van der Waals surface area contributed by atoms with Crippen LogP contribution in [0.5, 0.6) is 0 Å². The summed E-state index contributed by atoms with van der Waals surface area (Å²) in [5.74, 6) is -0.00157. The van der Waals surface area contributed by atoms with Gasteiger partial charge < -0.3 is 16.0 Å². The summed E-state index contributed by atoms with van der Waals surface area (Å²) in [4.78, 5) is 23.4. The Labute approximate surface area is 135 Å². The lowest BCUT2D eigenvalue weighted by Gasteiger charge is -2.12. The first kappa shape index (κ1) is 16.6. The van der Waals surface area contributed by atoms with Crippen molar-refractivity contribution in [1.29, 1.82) is 0 Å². The van der Waals surface area contributed by atoms with E-state index in [0.29, 0.717) is 30.6 Å². The minimum Gasteiger partial charge on any atom is -0.353 e. The van der Waals surface area contributed by atoms with E-state index < -0.39 is 0 Å². The molecule has 1 aliphatic carbocycles. The quantitative estimate of drug-likeness (QED) is 0.753. The van der Waals surface area contributed by atoms with Gasteiger partial charge in [-0.15, -0.1) is 0 Å². The summed E-state index contributed by atoms with van der Waals surface area (Å²) < 4.78 is 0. The standard InChI is InChI=1S/C16H22ClN3O2/c17-14-8-4-1-5-12(14)11-19-16(22)18-10-9-15(21)20-13-6-2-3-7-13/h1,4-5,8,13H,2-3,6-7,9-11H2,(H,20,21)(H2,18,19,22). The van der Waals surface area contributed by atoms with E-state index in [1.807, 2.05) is 18.2 Å². The highest BCUT2D eigenvalue weighted by atomic mass is 35.5.